The van der Waals surface area contributed by atoms with Gasteiger partial charge >= 0.3 is 0 Å². The summed E-state index contributed by atoms with van der Waals surface area (Å²) in [7, 11) is -3.83. The van der Waals surface area contributed by atoms with Crippen LogP contribution in [-0.4, -0.2) is 43.0 Å². The molecule has 3 aromatic carbocycles. The molecule has 0 bridgehead atoms. The molecule has 192 valence electrons. The number of carbonyl (C=O) groups excluding carboxylic acids is 1. The van der Waals surface area contributed by atoms with E-state index >= 15 is 0 Å². The van der Waals surface area contributed by atoms with E-state index in [-0.39, 0.29) is 15.8 Å². The number of carbonyl (C=O) groups is 1. The van der Waals surface area contributed by atoms with Crippen molar-refractivity contribution in [1.29, 1.82) is 0 Å². The van der Waals surface area contributed by atoms with Crippen molar-refractivity contribution < 1.29 is 18.3 Å². The average Bonchev–Trinajstić information content (AvgIpc) is 2.88. The molecule has 1 aliphatic rings. The minimum absolute atomic E-state index is 0.186. The summed E-state index contributed by atoms with van der Waals surface area (Å²) in [4.78, 5) is 15.0. The van der Waals surface area contributed by atoms with E-state index in [2.05, 4.69) is 11.3 Å². The summed E-state index contributed by atoms with van der Waals surface area (Å²) in [5, 5.41) is 12.9. The van der Waals surface area contributed by atoms with Crippen molar-refractivity contribution in [3.8, 4) is 0 Å². The van der Waals surface area contributed by atoms with Crippen LogP contribution in [0.3, 0.4) is 0 Å². The van der Waals surface area contributed by atoms with Gasteiger partial charge in [0.15, 0.2) is 0 Å². The van der Waals surface area contributed by atoms with Gasteiger partial charge in [0, 0.05) is 40.3 Å². The summed E-state index contributed by atoms with van der Waals surface area (Å²) >= 11 is 6.14. The molecule has 37 heavy (non-hydrogen) atoms. The minimum atomic E-state index is -3.83. The lowest BCUT2D eigenvalue weighted by molar-refractivity contribution is 0.0128. The highest BCUT2D eigenvalue weighted by Gasteiger charge is 2.37. The van der Waals surface area contributed by atoms with E-state index in [1.807, 2.05) is 31.2 Å². The number of anilines is 1. The Balaban J connectivity index is 1.45. The van der Waals surface area contributed by atoms with Crippen LogP contribution in [0.5, 0.6) is 0 Å². The maximum atomic E-state index is 13.1. The molecule has 0 saturated carbocycles. The van der Waals surface area contributed by atoms with Crippen molar-refractivity contribution >= 4 is 44.0 Å². The molecule has 4 rings (SSSR count). The quantitative estimate of drug-likeness (QED) is 0.370. The zero-order chi connectivity index (χ0) is 26.6. The summed E-state index contributed by atoms with van der Waals surface area (Å²) in [6, 6.07) is 18.8. The summed E-state index contributed by atoms with van der Waals surface area (Å²) in [5.74, 6) is -0.186. The van der Waals surface area contributed by atoms with Crippen molar-refractivity contribution in [2.75, 3.05) is 17.8 Å². The predicted molar refractivity (Wildman–Crippen MR) is 149 cm³/mol. The zero-order valence-corrected chi connectivity index (χ0v) is 22.1. The van der Waals surface area contributed by atoms with Gasteiger partial charge in [0.1, 0.15) is 0 Å². The van der Waals surface area contributed by atoms with E-state index in [9.17, 15) is 18.3 Å². The number of halogens is 1. The van der Waals surface area contributed by atoms with E-state index in [0.29, 0.717) is 48.1 Å². The first-order chi connectivity index (χ1) is 17.6. The fraction of sp³-hybridized carbons (Fsp3) is 0.207. The van der Waals surface area contributed by atoms with Crippen LogP contribution >= 0.6 is 11.6 Å². The number of aliphatic hydroxyl groups is 1. The Bertz CT molecular complexity index is 1480. The van der Waals surface area contributed by atoms with Crippen LogP contribution in [0.2, 0.25) is 0 Å². The predicted octanol–water partition coefficient (Wildman–Crippen LogP) is 5.86. The largest absolute Gasteiger partial charge is 0.385 e. The first-order valence-electron chi connectivity index (χ1n) is 12.0. The Morgan fingerprint density at radius 3 is 2.35 bits per heavy atom. The lowest BCUT2D eigenvalue weighted by Crippen LogP contribution is -2.47. The van der Waals surface area contributed by atoms with Gasteiger partial charge < -0.3 is 10.0 Å². The molecule has 2 N–H and O–H groups in total. The van der Waals surface area contributed by atoms with E-state index in [1.54, 1.807) is 65.6 Å². The van der Waals surface area contributed by atoms with Gasteiger partial charge in [-0.3, -0.25) is 9.52 Å². The maximum absolute atomic E-state index is 13.1. The lowest BCUT2D eigenvalue weighted by Gasteiger charge is -2.39. The van der Waals surface area contributed by atoms with Crippen molar-refractivity contribution in [3.05, 3.63) is 108 Å². The van der Waals surface area contributed by atoms with E-state index in [1.165, 1.54) is 0 Å². The highest BCUT2D eigenvalue weighted by atomic mass is 35.5. The lowest BCUT2D eigenvalue weighted by atomic mass is 9.83. The van der Waals surface area contributed by atoms with Gasteiger partial charge in [0.25, 0.3) is 15.9 Å². The van der Waals surface area contributed by atoms with Crippen LogP contribution in [0.4, 0.5) is 5.69 Å². The van der Waals surface area contributed by atoms with E-state index in [0.717, 1.165) is 5.39 Å². The third-order valence-electron chi connectivity index (χ3n) is 6.55. The number of nitrogens with one attached hydrogen (secondary N) is 1. The Morgan fingerprint density at radius 1 is 1.05 bits per heavy atom. The van der Waals surface area contributed by atoms with Crippen molar-refractivity contribution in [3.63, 3.8) is 0 Å². The monoisotopic (exact) mass is 536 g/mol. The Hall–Kier alpha value is -3.39. The second-order valence-corrected chi connectivity index (χ2v) is 11.1. The molecule has 0 aromatic heterocycles. The third-order valence-corrected chi connectivity index (χ3v) is 8.19. The number of nitrogens with zero attached hydrogens (tertiary/aromatic N) is 1. The van der Waals surface area contributed by atoms with Crippen molar-refractivity contribution in [1.82, 2.24) is 4.90 Å². The van der Waals surface area contributed by atoms with Gasteiger partial charge in [-0.25, -0.2) is 8.42 Å². The second-order valence-electron chi connectivity index (χ2n) is 8.99. The molecular formula is C29H29ClN2O4S. The van der Waals surface area contributed by atoms with Gasteiger partial charge in [0.05, 0.1) is 10.5 Å². The van der Waals surface area contributed by atoms with Crippen LogP contribution in [0.1, 0.15) is 30.1 Å². The van der Waals surface area contributed by atoms with Crippen LogP contribution in [0.15, 0.2) is 107 Å². The van der Waals surface area contributed by atoms with Crippen molar-refractivity contribution in [2.24, 2.45) is 0 Å². The topological polar surface area (TPSA) is 86.7 Å². The minimum Gasteiger partial charge on any atom is -0.385 e. The van der Waals surface area contributed by atoms with Gasteiger partial charge in [-0.2, -0.15) is 0 Å². The first kappa shape index (κ1) is 26.7. The van der Waals surface area contributed by atoms with Gasteiger partial charge in [0.2, 0.25) is 0 Å². The molecule has 0 aliphatic carbocycles. The Labute approximate surface area is 222 Å². The molecule has 1 fully saturated rings. The summed E-state index contributed by atoms with van der Waals surface area (Å²) < 4.78 is 28.8. The molecule has 0 atom stereocenters. The van der Waals surface area contributed by atoms with Crippen LogP contribution < -0.4 is 4.72 Å². The number of hydrogen-bond donors (Lipinski definition) is 2. The van der Waals surface area contributed by atoms with Gasteiger partial charge in [-0.05, 0) is 55.5 Å². The molecule has 3 aromatic rings. The number of likely N-dealkylation sites (tertiary alicyclic amines) is 1. The Kier molecular flexibility index (Phi) is 7.87. The van der Waals surface area contributed by atoms with Gasteiger partial charge in [-0.1, -0.05) is 72.8 Å². The smallest absolute Gasteiger partial charge is 0.262 e. The molecule has 6 nitrogen and oxygen atoms in total. The molecular weight excluding hydrogens is 508 g/mol. The molecule has 1 aliphatic heterocycles. The molecule has 0 unspecified atom stereocenters. The SMILES string of the molecule is C=C(Cl)/C(=C\C=C/C)C1(O)CCN(C(=O)c2ccc(NS(=O)(=O)c3cccc4ccccc34)cc2)CC1. The van der Waals surface area contributed by atoms with Crippen LogP contribution in [0, 0.1) is 0 Å². The first-order valence-corrected chi connectivity index (χ1v) is 13.8. The second kappa shape index (κ2) is 10.9. The van der Waals surface area contributed by atoms with E-state index < -0.39 is 15.6 Å². The fourth-order valence-corrected chi connectivity index (χ4v) is 6.07. The van der Waals surface area contributed by atoms with Gasteiger partial charge in [-0.15, -0.1) is 0 Å². The number of allylic oxidation sites excluding steroid dienone is 3. The highest BCUT2D eigenvalue weighted by Crippen LogP contribution is 2.35. The molecule has 0 spiro atoms. The normalized spacial score (nSPS) is 16.2. The molecule has 1 amide bonds. The standard InChI is InChI=1S/C29H29ClN2O4S/c1-3-4-11-26(21(2)30)29(34)17-19-32(20-18-29)28(33)23-13-15-24(16-14-23)31-37(35,36)27-12-7-9-22-8-5-6-10-25(22)27/h3-16,31,34H,2,17-20H2,1H3/b4-3-,26-11+. The number of hydrogen-bond acceptors (Lipinski definition) is 4. The summed E-state index contributed by atoms with van der Waals surface area (Å²) in [6.07, 6.45) is 6.06. The molecule has 1 saturated heterocycles. The van der Waals surface area contributed by atoms with Crippen LogP contribution in [0.25, 0.3) is 10.8 Å². The number of piperidine rings is 1. The third kappa shape index (κ3) is 5.80. The zero-order valence-electron chi connectivity index (χ0n) is 20.5. The number of benzene rings is 3. The molecule has 0 radical (unpaired) electrons. The number of amides is 1. The van der Waals surface area contributed by atoms with Crippen molar-refractivity contribution in [2.45, 2.75) is 30.3 Å². The Morgan fingerprint density at radius 2 is 1.70 bits per heavy atom. The number of fused-ring (bicyclic) bond motifs is 1. The maximum Gasteiger partial charge on any atom is 0.262 e. The molecule has 8 heteroatoms. The average molecular weight is 537 g/mol. The number of rotatable bonds is 7. The number of sulfonamides is 1. The van der Waals surface area contributed by atoms with E-state index in [4.69, 9.17) is 11.6 Å². The highest BCUT2D eigenvalue weighted by molar-refractivity contribution is 7.93. The van der Waals surface area contributed by atoms with Crippen LogP contribution in [-0.2, 0) is 10.0 Å². The summed E-state index contributed by atoms with van der Waals surface area (Å²) in [5.41, 5.74) is 0.197. The fourth-order valence-electron chi connectivity index (χ4n) is 4.54. The summed E-state index contributed by atoms with van der Waals surface area (Å²) in [6.45, 7) is 6.34. The molecule has 1 heterocycles.